The maximum Gasteiger partial charge on any atom is 0.0472 e. The zero-order valence-corrected chi connectivity index (χ0v) is 29.1. The second-order valence-electron chi connectivity index (χ2n) is 14.1. The first-order valence-corrected chi connectivity index (χ1v) is 18.9. The average molecular weight is 633 g/mol. The molecule has 246 valence electrons. The van der Waals surface area contributed by atoms with Gasteiger partial charge in [-0.2, -0.15) is 0 Å². The molecule has 0 aliphatic heterocycles. The highest BCUT2D eigenvalue weighted by Crippen LogP contribution is 2.36. The zero-order valence-electron chi connectivity index (χ0n) is 29.1. The summed E-state index contributed by atoms with van der Waals surface area (Å²) in [4.78, 5) is 7.50. The fourth-order valence-electron chi connectivity index (χ4n) is 7.61. The van der Waals surface area contributed by atoms with E-state index >= 15 is 0 Å². The summed E-state index contributed by atoms with van der Waals surface area (Å²) >= 11 is 0. The van der Waals surface area contributed by atoms with Crippen LogP contribution in [0.15, 0.2) is 97.1 Å². The van der Waals surface area contributed by atoms with Crippen LogP contribution < -0.4 is 0 Å². The summed E-state index contributed by atoms with van der Waals surface area (Å²) in [5.41, 5.74) is 12.8. The number of aromatic nitrogens is 2. The lowest BCUT2D eigenvalue weighted by Crippen LogP contribution is -1.87. The van der Waals surface area contributed by atoms with Crippen LogP contribution in [0.4, 0.5) is 0 Å². The highest BCUT2D eigenvalue weighted by molar-refractivity contribution is 6.17. The van der Waals surface area contributed by atoms with Gasteiger partial charge in [0, 0.05) is 43.6 Å². The first kappa shape index (κ1) is 32.3. The number of fused-ring (bicyclic) bond motifs is 6. The van der Waals surface area contributed by atoms with Crippen molar-refractivity contribution in [2.24, 2.45) is 0 Å². The number of hydrogen-bond acceptors (Lipinski definition) is 0. The largest absolute Gasteiger partial charge is 0.354 e. The molecule has 0 aliphatic carbocycles. The molecule has 0 saturated heterocycles. The Bertz CT molecular complexity index is 1940. The van der Waals surface area contributed by atoms with Crippen LogP contribution in [-0.2, 0) is 12.8 Å². The van der Waals surface area contributed by atoms with Crippen molar-refractivity contribution in [3.05, 3.63) is 108 Å². The molecule has 0 spiro atoms. The third-order valence-electron chi connectivity index (χ3n) is 10.5. The van der Waals surface area contributed by atoms with E-state index in [1.54, 1.807) is 0 Å². The zero-order chi connectivity index (χ0) is 32.7. The fraction of sp³-hybridized carbons (Fsp3) is 0.348. The van der Waals surface area contributed by atoms with Gasteiger partial charge >= 0.3 is 0 Å². The van der Waals surface area contributed by atoms with Gasteiger partial charge in [0.2, 0.25) is 0 Å². The van der Waals surface area contributed by atoms with Crippen LogP contribution in [0.1, 0.15) is 102 Å². The first-order chi connectivity index (χ1) is 23.7. The molecule has 7 rings (SSSR count). The maximum atomic E-state index is 3.75. The molecule has 2 heteroatoms. The van der Waals surface area contributed by atoms with Crippen LogP contribution in [0.25, 0.3) is 65.9 Å². The molecule has 2 heterocycles. The number of unbranched alkanes of at least 4 members (excludes halogenated alkanes) is 10. The average Bonchev–Trinajstić information content (AvgIpc) is 3.67. The number of aromatic amines is 2. The van der Waals surface area contributed by atoms with Gasteiger partial charge in [0.05, 0.1) is 0 Å². The van der Waals surface area contributed by atoms with Gasteiger partial charge in [-0.05, 0) is 83.3 Å². The minimum absolute atomic E-state index is 1.18. The molecule has 0 saturated carbocycles. The molecule has 0 bridgehead atoms. The van der Waals surface area contributed by atoms with Gasteiger partial charge < -0.3 is 9.97 Å². The first-order valence-electron chi connectivity index (χ1n) is 18.9. The standard InChI is InChI=1S/C46H52N2/c1-3-5-7-9-11-13-15-33-17-21-35(22-18-33)37-25-27-39-41-31-46-42(32-45(41)47-43(39)29-37)40-28-26-38(30-44(40)48-46)36-23-19-34(20-24-36)16-14-12-10-8-6-4-2/h17-32,47-48H,3-16H2,1-2H3. The molecule has 0 unspecified atom stereocenters. The van der Waals surface area contributed by atoms with E-state index in [1.807, 2.05) is 0 Å². The molecule has 48 heavy (non-hydrogen) atoms. The summed E-state index contributed by atoms with van der Waals surface area (Å²) in [6.45, 7) is 4.57. The molecule has 2 aromatic heterocycles. The summed E-state index contributed by atoms with van der Waals surface area (Å²) < 4.78 is 0. The number of aryl methyl sites for hydroxylation is 2. The van der Waals surface area contributed by atoms with E-state index in [0.29, 0.717) is 0 Å². The van der Waals surface area contributed by atoms with Gasteiger partial charge in [0.25, 0.3) is 0 Å². The summed E-state index contributed by atoms with van der Waals surface area (Å²) in [6, 6.07) is 36.9. The molecule has 0 aliphatic rings. The Morgan fingerprint density at radius 1 is 0.333 bits per heavy atom. The van der Waals surface area contributed by atoms with E-state index in [9.17, 15) is 0 Å². The minimum Gasteiger partial charge on any atom is -0.354 e. The quantitative estimate of drug-likeness (QED) is 0.0994. The normalized spacial score (nSPS) is 11.9. The van der Waals surface area contributed by atoms with Crippen molar-refractivity contribution < 1.29 is 0 Å². The van der Waals surface area contributed by atoms with Crippen molar-refractivity contribution in [1.82, 2.24) is 9.97 Å². The van der Waals surface area contributed by atoms with Crippen LogP contribution >= 0.6 is 0 Å². The highest BCUT2D eigenvalue weighted by Gasteiger charge is 2.12. The van der Waals surface area contributed by atoms with Crippen molar-refractivity contribution in [3.8, 4) is 22.3 Å². The minimum atomic E-state index is 1.18. The maximum absolute atomic E-state index is 3.75. The Kier molecular flexibility index (Phi) is 10.3. The van der Waals surface area contributed by atoms with Crippen molar-refractivity contribution in [2.75, 3.05) is 0 Å². The molecule has 0 amide bonds. The predicted octanol–water partition coefficient (Wildman–Crippen LogP) is 14.1. The van der Waals surface area contributed by atoms with E-state index in [-0.39, 0.29) is 0 Å². The van der Waals surface area contributed by atoms with E-state index in [2.05, 4.69) is 121 Å². The summed E-state index contributed by atoms with van der Waals surface area (Å²) in [5, 5.41) is 5.09. The van der Waals surface area contributed by atoms with Gasteiger partial charge in [0.15, 0.2) is 0 Å². The molecular formula is C46H52N2. The van der Waals surface area contributed by atoms with Gasteiger partial charge in [0.1, 0.15) is 0 Å². The van der Waals surface area contributed by atoms with E-state index in [1.165, 1.54) is 167 Å². The second-order valence-corrected chi connectivity index (χ2v) is 14.1. The summed E-state index contributed by atoms with van der Waals surface area (Å²) in [7, 11) is 0. The molecular weight excluding hydrogens is 581 g/mol. The van der Waals surface area contributed by atoms with Gasteiger partial charge in [-0.25, -0.2) is 0 Å². The van der Waals surface area contributed by atoms with Crippen molar-refractivity contribution in [2.45, 2.75) is 104 Å². The monoisotopic (exact) mass is 632 g/mol. The highest BCUT2D eigenvalue weighted by atomic mass is 14.7. The smallest absolute Gasteiger partial charge is 0.0472 e. The lowest BCUT2D eigenvalue weighted by Gasteiger charge is -2.06. The Morgan fingerprint density at radius 2 is 0.688 bits per heavy atom. The molecule has 5 aromatic carbocycles. The number of benzene rings is 5. The van der Waals surface area contributed by atoms with Crippen molar-refractivity contribution in [1.29, 1.82) is 0 Å². The summed E-state index contributed by atoms with van der Waals surface area (Å²) in [5.74, 6) is 0. The second kappa shape index (κ2) is 15.3. The lowest BCUT2D eigenvalue weighted by molar-refractivity contribution is 0.607. The van der Waals surface area contributed by atoms with E-state index in [0.717, 1.165) is 0 Å². The van der Waals surface area contributed by atoms with Crippen LogP contribution in [0.2, 0.25) is 0 Å². The van der Waals surface area contributed by atoms with Crippen LogP contribution in [-0.4, -0.2) is 9.97 Å². The van der Waals surface area contributed by atoms with E-state index in [4.69, 9.17) is 0 Å². The topological polar surface area (TPSA) is 31.6 Å². The predicted molar refractivity (Wildman–Crippen MR) is 210 cm³/mol. The van der Waals surface area contributed by atoms with Crippen LogP contribution in [0.3, 0.4) is 0 Å². The third-order valence-corrected chi connectivity index (χ3v) is 10.5. The lowest BCUT2D eigenvalue weighted by atomic mass is 9.99. The van der Waals surface area contributed by atoms with Crippen LogP contribution in [0, 0.1) is 0 Å². The Morgan fingerprint density at radius 3 is 1.10 bits per heavy atom. The van der Waals surface area contributed by atoms with Gasteiger partial charge in [-0.15, -0.1) is 0 Å². The molecule has 7 aromatic rings. The third kappa shape index (κ3) is 7.24. The molecule has 0 fully saturated rings. The number of nitrogens with one attached hydrogen (secondary N) is 2. The van der Waals surface area contributed by atoms with Crippen LogP contribution in [0.5, 0.6) is 0 Å². The SMILES string of the molecule is CCCCCCCCc1ccc(-c2ccc3c(c2)[nH]c2cc4c(cc23)[nH]c2cc(-c3ccc(CCCCCCCC)cc3)ccc24)cc1. The number of H-pyrrole nitrogens is 2. The van der Waals surface area contributed by atoms with Gasteiger partial charge in [-0.3, -0.25) is 0 Å². The summed E-state index contributed by atoms with van der Waals surface area (Å²) in [6.07, 6.45) is 18.5. The number of rotatable bonds is 16. The molecule has 0 radical (unpaired) electrons. The van der Waals surface area contributed by atoms with E-state index < -0.39 is 0 Å². The fourth-order valence-corrected chi connectivity index (χ4v) is 7.61. The van der Waals surface area contributed by atoms with Gasteiger partial charge in [-0.1, -0.05) is 151 Å². The van der Waals surface area contributed by atoms with Crippen molar-refractivity contribution in [3.63, 3.8) is 0 Å². The Balaban J connectivity index is 1.06. The van der Waals surface area contributed by atoms with Crippen molar-refractivity contribution >= 4 is 43.6 Å². The molecule has 0 atom stereocenters. The Labute approximate surface area is 287 Å². The molecule has 2 nitrogen and oxygen atoms in total. The number of hydrogen-bond donors (Lipinski definition) is 2. The Hall–Kier alpha value is -4.30. The molecule has 2 N–H and O–H groups in total.